The van der Waals surface area contributed by atoms with Crippen LogP contribution in [0.3, 0.4) is 0 Å². The maximum Gasteiger partial charge on any atom is 0.252 e. The van der Waals surface area contributed by atoms with E-state index in [1.54, 1.807) is 18.3 Å². The van der Waals surface area contributed by atoms with Gasteiger partial charge in [0.25, 0.3) is 5.91 Å². The fourth-order valence-corrected chi connectivity index (χ4v) is 2.49. The van der Waals surface area contributed by atoms with Crippen LogP contribution in [0.15, 0.2) is 42.7 Å². The molecule has 0 aliphatic carbocycles. The molecule has 120 valence electrons. The Morgan fingerprint density at radius 1 is 1.08 bits per heavy atom. The number of fused-ring (bicyclic) bond motifs is 2. The number of nitrogens with one attached hydrogen (secondary N) is 1. The number of aromatic nitrogens is 7. The second-order valence-electron chi connectivity index (χ2n) is 5.30. The number of carbonyl (C=O) groups excluding carboxylic acids is 1. The summed E-state index contributed by atoms with van der Waals surface area (Å²) < 4.78 is 3.42. The van der Waals surface area contributed by atoms with Crippen molar-refractivity contribution in [2.75, 3.05) is 6.54 Å². The van der Waals surface area contributed by atoms with Crippen LogP contribution in [0, 0.1) is 0 Å². The Labute approximate surface area is 136 Å². The molecule has 0 saturated carbocycles. The summed E-state index contributed by atoms with van der Waals surface area (Å²) >= 11 is 0. The van der Waals surface area contributed by atoms with E-state index >= 15 is 0 Å². The van der Waals surface area contributed by atoms with Crippen LogP contribution in [-0.2, 0) is 6.42 Å². The van der Waals surface area contributed by atoms with Gasteiger partial charge in [-0.3, -0.25) is 9.20 Å². The molecule has 9 heteroatoms. The van der Waals surface area contributed by atoms with Gasteiger partial charge in [-0.25, -0.2) is 0 Å². The van der Waals surface area contributed by atoms with Gasteiger partial charge in [0.2, 0.25) is 0 Å². The highest BCUT2D eigenvalue weighted by molar-refractivity contribution is 5.94. The van der Waals surface area contributed by atoms with Gasteiger partial charge in [0.1, 0.15) is 5.82 Å². The van der Waals surface area contributed by atoms with Gasteiger partial charge in [0.15, 0.2) is 11.3 Å². The summed E-state index contributed by atoms with van der Waals surface area (Å²) in [7, 11) is 0. The van der Waals surface area contributed by atoms with Gasteiger partial charge in [-0.1, -0.05) is 6.07 Å². The zero-order valence-electron chi connectivity index (χ0n) is 12.7. The quantitative estimate of drug-likeness (QED) is 0.538. The first-order valence-corrected chi connectivity index (χ1v) is 7.56. The largest absolute Gasteiger partial charge is 0.352 e. The average molecular weight is 322 g/mol. The maximum atomic E-state index is 12.2. The Kier molecular flexibility index (Phi) is 3.58. The molecule has 24 heavy (non-hydrogen) atoms. The first kappa shape index (κ1) is 14.2. The van der Waals surface area contributed by atoms with Gasteiger partial charge in [-0.2, -0.15) is 4.52 Å². The van der Waals surface area contributed by atoms with Crippen molar-refractivity contribution in [1.82, 2.24) is 40.0 Å². The summed E-state index contributed by atoms with van der Waals surface area (Å²) in [6.45, 7) is 0.550. The number of carbonyl (C=O) groups is 1. The summed E-state index contributed by atoms with van der Waals surface area (Å²) in [6.07, 6.45) is 5.05. The van der Waals surface area contributed by atoms with Gasteiger partial charge >= 0.3 is 0 Å². The molecule has 0 spiro atoms. The molecule has 0 atom stereocenters. The normalized spacial score (nSPS) is 11.2. The molecule has 0 bridgehead atoms. The molecule has 0 aliphatic heterocycles. The number of amides is 1. The van der Waals surface area contributed by atoms with E-state index in [4.69, 9.17) is 0 Å². The fourth-order valence-electron chi connectivity index (χ4n) is 2.49. The van der Waals surface area contributed by atoms with Gasteiger partial charge in [-0.05, 0) is 41.1 Å². The number of rotatable bonds is 5. The molecule has 0 saturated heterocycles. The predicted octanol–water partition coefficient (Wildman–Crippen LogP) is 0.530. The number of tetrazole rings is 1. The highest BCUT2D eigenvalue weighted by Crippen LogP contribution is 2.05. The third-order valence-electron chi connectivity index (χ3n) is 3.70. The molecule has 0 unspecified atom stereocenters. The van der Waals surface area contributed by atoms with Crippen molar-refractivity contribution in [2.45, 2.75) is 12.8 Å². The number of aryl methyl sites for hydroxylation is 1. The van der Waals surface area contributed by atoms with E-state index in [1.165, 1.54) is 4.52 Å². The van der Waals surface area contributed by atoms with E-state index in [0.29, 0.717) is 17.8 Å². The first-order valence-electron chi connectivity index (χ1n) is 7.56. The summed E-state index contributed by atoms with van der Waals surface area (Å²) in [6, 6.07) is 9.18. The highest BCUT2D eigenvalue weighted by Gasteiger charge is 2.08. The minimum absolute atomic E-state index is 0.154. The zero-order chi connectivity index (χ0) is 16.4. The molecule has 4 heterocycles. The smallest absolute Gasteiger partial charge is 0.252 e. The Balaban J connectivity index is 1.34. The molecule has 0 aliphatic rings. The molecule has 1 N–H and O–H groups in total. The molecular formula is C15H14N8O. The Morgan fingerprint density at radius 2 is 2.04 bits per heavy atom. The summed E-state index contributed by atoms with van der Waals surface area (Å²) in [5.41, 5.74) is 1.94. The third-order valence-corrected chi connectivity index (χ3v) is 3.70. The van der Waals surface area contributed by atoms with Crippen molar-refractivity contribution in [3.63, 3.8) is 0 Å². The van der Waals surface area contributed by atoms with E-state index in [0.717, 1.165) is 24.3 Å². The van der Waals surface area contributed by atoms with Crippen LogP contribution in [0.5, 0.6) is 0 Å². The molecule has 0 radical (unpaired) electrons. The lowest BCUT2D eigenvalue weighted by molar-refractivity contribution is 0.0952. The van der Waals surface area contributed by atoms with E-state index in [2.05, 4.69) is 31.0 Å². The second kappa shape index (κ2) is 6.03. The number of pyridine rings is 2. The maximum absolute atomic E-state index is 12.2. The number of hydrogen-bond donors (Lipinski definition) is 1. The van der Waals surface area contributed by atoms with E-state index in [-0.39, 0.29) is 5.91 Å². The lowest BCUT2D eigenvalue weighted by Gasteiger charge is -2.05. The SMILES string of the molecule is O=C(NCCCc1nnc2ccccn12)c1ccc2nnnn2c1. The second-order valence-corrected chi connectivity index (χ2v) is 5.30. The van der Waals surface area contributed by atoms with Crippen molar-refractivity contribution in [3.05, 3.63) is 54.1 Å². The molecule has 4 aromatic heterocycles. The summed E-state index contributed by atoms with van der Waals surface area (Å²) in [5, 5.41) is 22.3. The van der Waals surface area contributed by atoms with Gasteiger partial charge in [0.05, 0.1) is 5.56 Å². The zero-order valence-corrected chi connectivity index (χ0v) is 12.7. The van der Waals surface area contributed by atoms with Gasteiger partial charge < -0.3 is 5.32 Å². The van der Waals surface area contributed by atoms with Crippen LogP contribution in [0.25, 0.3) is 11.3 Å². The Bertz CT molecular complexity index is 1000. The molecular weight excluding hydrogens is 308 g/mol. The van der Waals surface area contributed by atoms with Crippen LogP contribution >= 0.6 is 0 Å². The minimum atomic E-state index is -0.154. The van der Waals surface area contributed by atoms with Crippen LogP contribution in [0.1, 0.15) is 22.6 Å². The lowest BCUT2D eigenvalue weighted by atomic mass is 10.2. The number of hydrogen-bond acceptors (Lipinski definition) is 6. The van der Waals surface area contributed by atoms with Crippen LogP contribution < -0.4 is 5.32 Å². The topological polar surface area (TPSA) is 102 Å². The van der Waals surface area contributed by atoms with Crippen molar-refractivity contribution in [3.8, 4) is 0 Å². The monoisotopic (exact) mass is 322 g/mol. The van der Waals surface area contributed by atoms with E-state index in [9.17, 15) is 4.79 Å². The average Bonchev–Trinajstić information content (AvgIpc) is 3.24. The Hall–Kier alpha value is -3.36. The van der Waals surface area contributed by atoms with Crippen LogP contribution in [0.2, 0.25) is 0 Å². The number of nitrogens with zero attached hydrogens (tertiary/aromatic N) is 7. The standard InChI is InChI=1S/C15H14N8O/c24-15(11-6-7-14-19-20-21-23(14)10-11)16-8-3-5-13-18-17-12-4-1-2-9-22(12)13/h1-2,4,6-7,9-10H,3,5,8H2,(H,16,24). The predicted molar refractivity (Wildman–Crippen MR) is 84.4 cm³/mol. The van der Waals surface area contributed by atoms with Crippen molar-refractivity contribution < 1.29 is 4.79 Å². The molecule has 0 fully saturated rings. The molecule has 0 aromatic carbocycles. The van der Waals surface area contributed by atoms with Gasteiger partial charge in [-0.15, -0.1) is 15.3 Å². The fraction of sp³-hybridized carbons (Fsp3) is 0.200. The van der Waals surface area contributed by atoms with E-state index in [1.807, 2.05) is 28.8 Å². The molecule has 4 rings (SSSR count). The summed E-state index contributed by atoms with van der Waals surface area (Å²) in [5.74, 6) is 0.730. The van der Waals surface area contributed by atoms with Crippen molar-refractivity contribution in [1.29, 1.82) is 0 Å². The minimum Gasteiger partial charge on any atom is -0.352 e. The Morgan fingerprint density at radius 3 is 3.00 bits per heavy atom. The molecule has 1 amide bonds. The first-order chi connectivity index (χ1) is 11.8. The van der Waals surface area contributed by atoms with Crippen molar-refractivity contribution in [2.24, 2.45) is 0 Å². The lowest BCUT2D eigenvalue weighted by Crippen LogP contribution is -2.25. The molecule has 9 nitrogen and oxygen atoms in total. The van der Waals surface area contributed by atoms with Crippen LogP contribution in [0.4, 0.5) is 0 Å². The van der Waals surface area contributed by atoms with E-state index < -0.39 is 0 Å². The highest BCUT2D eigenvalue weighted by atomic mass is 16.1. The third kappa shape index (κ3) is 2.67. The van der Waals surface area contributed by atoms with Crippen LogP contribution in [-0.4, -0.2) is 47.1 Å². The van der Waals surface area contributed by atoms with Gasteiger partial charge in [0, 0.05) is 25.4 Å². The molecule has 4 aromatic rings. The summed E-state index contributed by atoms with van der Waals surface area (Å²) in [4.78, 5) is 12.2. The van der Waals surface area contributed by atoms with Crippen molar-refractivity contribution >= 4 is 17.2 Å².